The summed E-state index contributed by atoms with van der Waals surface area (Å²) in [5, 5.41) is 16.4. The van der Waals surface area contributed by atoms with Crippen molar-refractivity contribution in [1.82, 2.24) is 9.97 Å². The molecular formula is C16H27N5O2. The van der Waals surface area contributed by atoms with Crippen molar-refractivity contribution in [3.8, 4) is 0 Å². The maximum atomic E-state index is 11.5. The van der Waals surface area contributed by atoms with Crippen LogP contribution >= 0.6 is 0 Å². The molecule has 128 valence electrons. The van der Waals surface area contributed by atoms with Gasteiger partial charge in [0.15, 0.2) is 0 Å². The van der Waals surface area contributed by atoms with Gasteiger partial charge >= 0.3 is 0 Å². The predicted octanol–water partition coefficient (Wildman–Crippen LogP) is 1.89. The highest BCUT2D eigenvalue weighted by Gasteiger charge is 2.21. The number of nitrogens with two attached hydrogens (primary N) is 1. The average Bonchev–Trinajstić information content (AvgIpc) is 2.61. The highest BCUT2D eigenvalue weighted by molar-refractivity contribution is 5.97. The van der Waals surface area contributed by atoms with Gasteiger partial charge in [-0.15, -0.1) is 0 Å². The lowest BCUT2D eigenvalue weighted by Gasteiger charge is -2.24. The fourth-order valence-corrected chi connectivity index (χ4v) is 2.73. The molecule has 0 unspecified atom stereocenters. The first-order valence-corrected chi connectivity index (χ1v) is 8.14. The van der Waals surface area contributed by atoms with Crippen molar-refractivity contribution in [2.45, 2.75) is 70.6 Å². The Balaban J connectivity index is 2.19. The van der Waals surface area contributed by atoms with Gasteiger partial charge in [-0.25, -0.2) is 4.98 Å². The number of rotatable bonds is 4. The Hall–Kier alpha value is -1.89. The van der Waals surface area contributed by atoms with Gasteiger partial charge < -0.3 is 21.5 Å². The minimum atomic E-state index is -0.562. The predicted molar refractivity (Wildman–Crippen MR) is 90.4 cm³/mol. The van der Waals surface area contributed by atoms with E-state index in [0.29, 0.717) is 18.2 Å². The Kier molecular flexibility index (Phi) is 5.41. The fourth-order valence-electron chi connectivity index (χ4n) is 2.73. The SMILES string of the molecule is CC(C)(C)Nc1nc(N[C@@H]2CCCC[C@@H](O)C2)ncc1C(N)=O. The largest absolute Gasteiger partial charge is 0.393 e. The van der Waals surface area contributed by atoms with Crippen molar-refractivity contribution in [3.05, 3.63) is 11.8 Å². The molecule has 0 saturated heterocycles. The maximum absolute atomic E-state index is 11.5. The van der Waals surface area contributed by atoms with Crippen LogP contribution in [0.25, 0.3) is 0 Å². The second kappa shape index (κ2) is 7.12. The minimum absolute atomic E-state index is 0.134. The van der Waals surface area contributed by atoms with Gasteiger partial charge in [0.25, 0.3) is 5.91 Å². The Labute approximate surface area is 137 Å². The van der Waals surface area contributed by atoms with Crippen LogP contribution in [0.3, 0.4) is 0 Å². The third-order valence-corrected chi connectivity index (χ3v) is 3.78. The average molecular weight is 321 g/mol. The number of hydrogen-bond donors (Lipinski definition) is 4. The molecule has 2 atom stereocenters. The molecule has 0 aliphatic heterocycles. The molecule has 5 N–H and O–H groups in total. The van der Waals surface area contributed by atoms with Crippen LogP contribution in [-0.2, 0) is 0 Å². The van der Waals surface area contributed by atoms with Crippen molar-refractivity contribution in [1.29, 1.82) is 0 Å². The second-order valence-corrected chi connectivity index (χ2v) is 7.21. The lowest BCUT2D eigenvalue weighted by molar-refractivity contribution is 0.100. The van der Waals surface area contributed by atoms with Crippen molar-refractivity contribution >= 4 is 17.7 Å². The van der Waals surface area contributed by atoms with Crippen LogP contribution in [0.4, 0.5) is 11.8 Å². The summed E-state index contributed by atoms with van der Waals surface area (Å²) in [6, 6.07) is 0.134. The molecule has 1 saturated carbocycles. The van der Waals surface area contributed by atoms with E-state index >= 15 is 0 Å². The van der Waals surface area contributed by atoms with E-state index < -0.39 is 5.91 Å². The number of nitrogens with zero attached hydrogens (tertiary/aromatic N) is 2. The molecule has 2 rings (SSSR count). The van der Waals surface area contributed by atoms with Gasteiger partial charge in [0.05, 0.1) is 11.7 Å². The first-order valence-electron chi connectivity index (χ1n) is 8.14. The molecular weight excluding hydrogens is 294 g/mol. The van der Waals surface area contributed by atoms with Gasteiger partial charge in [0.1, 0.15) is 5.82 Å². The molecule has 1 aliphatic carbocycles. The highest BCUT2D eigenvalue weighted by atomic mass is 16.3. The number of aliphatic hydroxyl groups is 1. The fraction of sp³-hybridized carbons (Fsp3) is 0.688. The lowest BCUT2D eigenvalue weighted by atomic mass is 10.1. The van der Waals surface area contributed by atoms with Crippen molar-refractivity contribution in [2.75, 3.05) is 10.6 Å². The monoisotopic (exact) mass is 321 g/mol. The molecule has 0 aromatic carbocycles. The number of carbonyl (C=O) groups is 1. The molecule has 23 heavy (non-hydrogen) atoms. The van der Waals surface area contributed by atoms with Crippen LogP contribution < -0.4 is 16.4 Å². The van der Waals surface area contributed by atoms with E-state index in [1.807, 2.05) is 20.8 Å². The summed E-state index contributed by atoms with van der Waals surface area (Å²) in [5.41, 5.74) is 5.41. The van der Waals surface area contributed by atoms with Gasteiger partial charge in [-0.05, 0) is 40.0 Å². The van der Waals surface area contributed by atoms with Crippen LogP contribution in [0.2, 0.25) is 0 Å². The number of carbonyl (C=O) groups excluding carboxylic acids is 1. The van der Waals surface area contributed by atoms with Gasteiger partial charge in [-0.2, -0.15) is 4.98 Å². The Bertz CT molecular complexity index is 556. The van der Waals surface area contributed by atoms with E-state index in [0.717, 1.165) is 25.7 Å². The van der Waals surface area contributed by atoms with E-state index in [-0.39, 0.29) is 23.2 Å². The van der Waals surface area contributed by atoms with E-state index in [4.69, 9.17) is 5.73 Å². The van der Waals surface area contributed by atoms with Gasteiger partial charge in [-0.3, -0.25) is 4.79 Å². The molecule has 0 radical (unpaired) electrons. The van der Waals surface area contributed by atoms with E-state index in [9.17, 15) is 9.90 Å². The number of aromatic nitrogens is 2. The Morgan fingerprint density at radius 2 is 2.04 bits per heavy atom. The Morgan fingerprint density at radius 1 is 1.35 bits per heavy atom. The summed E-state index contributed by atoms with van der Waals surface area (Å²) in [6.07, 6.45) is 5.77. The topological polar surface area (TPSA) is 113 Å². The molecule has 1 aromatic rings. The number of anilines is 2. The van der Waals surface area contributed by atoms with Gasteiger partial charge in [0.2, 0.25) is 5.95 Å². The third-order valence-electron chi connectivity index (χ3n) is 3.78. The molecule has 1 amide bonds. The zero-order chi connectivity index (χ0) is 17.0. The van der Waals surface area contributed by atoms with E-state index in [1.54, 1.807) is 0 Å². The second-order valence-electron chi connectivity index (χ2n) is 7.21. The Morgan fingerprint density at radius 3 is 2.70 bits per heavy atom. The van der Waals surface area contributed by atoms with Crippen LogP contribution in [-0.4, -0.2) is 38.7 Å². The molecule has 1 heterocycles. The van der Waals surface area contributed by atoms with E-state index in [1.165, 1.54) is 6.20 Å². The normalized spacial score (nSPS) is 22.3. The standard InChI is InChI=1S/C16H27N5O2/c1-16(2,3)21-14-12(13(17)23)9-18-15(20-14)19-10-6-4-5-7-11(22)8-10/h9-11,22H,4-8H2,1-3H3,(H2,17,23)(H2,18,19,20,21)/t10-,11-/m1/s1. The lowest BCUT2D eigenvalue weighted by Crippen LogP contribution is -2.30. The van der Waals surface area contributed by atoms with E-state index in [2.05, 4.69) is 20.6 Å². The number of nitrogens with one attached hydrogen (secondary N) is 2. The molecule has 7 nitrogen and oxygen atoms in total. The third kappa shape index (κ3) is 5.35. The molecule has 0 bridgehead atoms. The quantitative estimate of drug-likeness (QED) is 0.630. The molecule has 1 aliphatic rings. The summed E-state index contributed by atoms with van der Waals surface area (Å²) in [5.74, 6) is 0.311. The molecule has 1 aromatic heterocycles. The molecule has 1 fully saturated rings. The van der Waals surface area contributed by atoms with Gasteiger partial charge in [-0.1, -0.05) is 12.8 Å². The maximum Gasteiger partial charge on any atom is 0.254 e. The first-order chi connectivity index (χ1) is 10.7. The first kappa shape index (κ1) is 17.5. The van der Waals surface area contributed by atoms with Crippen molar-refractivity contribution < 1.29 is 9.90 Å². The van der Waals surface area contributed by atoms with Crippen LogP contribution in [0.15, 0.2) is 6.20 Å². The minimum Gasteiger partial charge on any atom is -0.393 e. The van der Waals surface area contributed by atoms with Crippen molar-refractivity contribution in [2.24, 2.45) is 5.73 Å². The molecule has 7 heteroatoms. The molecule has 0 spiro atoms. The van der Waals surface area contributed by atoms with Crippen LogP contribution in [0, 0.1) is 0 Å². The summed E-state index contributed by atoms with van der Waals surface area (Å²) >= 11 is 0. The smallest absolute Gasteiger partial charge is 0.254 e. The summed E-state index contributed by atoms with van der Waals surface area (Å²) < 4.78 is 0. The number of hydrogen-bond acceptors (Lipinski definition) is 6. The number of amides is 1. The highest BCUT2D eigenvalue weighted by Crippen LogP contribution is 2.22. The summed E-state index contributed by atoms with van der Waals surface area (Å²) in [4.78, 5) is 20.2. The van der Waals surface area contributed by atoms with Crippen molar-refractivity contribution in [3.63, 3.8) is 0 Å². The van der Waals surface area contributed by atoms with Gasteiger partial charge in [0, 0.05) is 17.8 Å². The number of primary amides is 1. The summed E-state index contributed by atoms with van der Waals surface area (Å²) in [6.45, 7) is 5.94. The van der Waals surface area contributed by atoms with Crippen LogP contribution in [0.5, 0.6) is 0 Å². The van der Waals surface area contributed by atoms with Crippen LogP contribution in [0.1, 0.15) is 63.2 Å². The summed E-state index contributed by atoms with van der Waals surface area (Å²) in [7, 11) is 0. The number of aliphatic hydroxyl groups excluding tert-OH is 1. The zero-order valence-electron chi connectivity index (χ0n) is 14.1. The zero-order valence-corrected chi connectivity index (χ0v) is 14.1.